The normalized spacial score (nSPS) is 37.3. The van der Waals surface area contributed by atoms with E-state index in [4.69, 9.17) is 4.74 Å². The number of morpholine rings is 1. The van der Waals surface area contributed by atoms with Crippen LogP contribution in [0.2, 0.25) is 0 Å². The van der Waals surface area contributed by atoms with Crippen LogP contribution in [0.4, 0.5) is 0 Å². The Morgan fingerprint density at radius 1 is 1.44 bits per heavy atom. The van der Waals surface area contributed by atoms with Crippen LogP contribution in [0.1, 0.15) is 19.3 Å². The number of carbonyl (C=O) groups excluding carboxylic acids is 1. The number of nitrogens with zero attached hydrogens (tertiary/aromatic N) is 2. The summed E-state index contributed by atoms with van der Waals surface area (Å²) in [7, 11) is 2.13. The number of carbonyl (C=O) groups is 1. The van der Waals surface area contributed by atoms with Gasteiger partial charge in [-0.2, -0.15) is 0 Å². The molecular weight excluding hydrogens is 230 g/mol. The van der Waals surface area contributed by atoms with Gasteiger partial charge in [-0.1, -0.05) is 0 Å². The van der Waals surface area contributed by atoms with Gasteiger partial charge in [0, 0.05) is 44.7 Å². The minimum Gasteiger partial charge on any atom is -0.374 e. The van der Waals surface area contributed by atoms with E-state index >= 15 is 0 Å². The van der Waals surface area contributed by atoms with Crippen molar-refractivity contribution in [2.75, 3.05) is 39.8 Å². The lowest BCUT2D eigenvalue weighted by molar-refractivity contribution is -0.127. The van der Waals surface area contributed by atoms with Gasteiger partial charge in [-0.15, -0.1) is 0 Å². The third kappa shape index (κ3) is 2.39. The molecule has 3 fully saturated rings. The second kappa shape index (κ2) is 5.15. The molecule has 3 saturated heterocycles. The lowest BCUT2D eigenvalue weighted by Gasteiger charge is -2.31. The topological polar surface area (TPSA) is 44.8 Å². The van der Waals surface area contributed by atoms with Crippen LogP contribution in [0.15, 0.2) is 0 Å². The second-order valence-electron chi connectivity index (χ2n) is 5.77. The van der Waals surface area contributed by atoms with E-state index in [9.17, 15) is 4.79 Å². The summed E-state index contributed by atoms with van der Waals surface area (Å²) in [6, 6.07) is 0.787. The molecule has 3 rings (SSSR count). The predicted molar refractivity (Wildman–Crippen MR) is 68.4 cm³/mol. The first-order valence-electron chi connectivity index (χ1n) is 7.07. The van der Waals surface area contributed by atoms with Crippen molar-refractivity contribution in [3.63, 3.8) is 0 Å². The van der Waals surface area contributed by atoms with E-state index in [1.54, 1.807) is 0 Å². The van der Waals surface area contributed by atoms with E-state index in [1.807, 2.05) is 0 Å². The van der Waals surface area contributed by atoms with Gasteiger partial charge in [0.1, 0.15) is 0 Å². The maximum absolute atomic E-state index is 11.8. The number of likely N-dealkylation sites (N-methyl/N-ethyl adjacent to an activating group) is 1. The van der Waals surface area contributed by atoms with Crippen molar-refractivity contribution in [3.8, 4) is 0 Å². The zero-order valence-electron chi connectivity index (χ0n) is 11.1. The number of fused-ring (bicyclic) bond motifs is 1. The monoisotopic (exact) mass is 253 g/mol. The summed E-state index contributed by atoms with van der Waals surface area (Å²) in [5.74, 6) is 0.330. The van der Waals surface area contributed by atoms with Gasteiger partial charge in [0.2, 0.25) is 5.91 Å². The van der Waals surface area contributed by atoms with Crippen LogP contribution >= 0.6 is 0 Å². The van der Waals surface area contributed by atoms with Gasteiger partial charge >= 0.3 is 0 Å². The predicted octanol–water partition coefficient (Wildman–Crippen LogP) is -0.330. The third-order valence-corrected chi connectivity index (χ3v) is 4.43. The molecule has 3 atom stereocenters. The van der Waals surface area contributed by atoms with Gasteiger partial charge in [-0.3, -0.25) is 4.79 Å². The SMILES string of the molecule is CN1CCOC(CNC2CC(=O)N3CCCC23)C1. The molecule has 3 unspecified atom stereocenters. The first-order valence-corrected chi connectivity index (χ1v) is 7.07. The molecule has 0 aliphatic carbocycles. The van der Waals surface area contributed by atoms with Crippen molar-refractivity contribution >= 4 is 5.91 Å². The fourth-order valence-electron chi connectivity index (χ4n) is 3.44. The van der Waals surface area contributed by atoms with Crippen molar-refractivity contribution in [2.24, 2.45) is 0 Å². The van der Waals surface area contributed by atoms with Gasteiger partial charge in [0.15, 0.2) is 0 Å². The molecule has 0 saturated carbocycles. The first kappa shape index (κ1) is 12.4. The third-order valence-electron chi connectivity index (χ3n) is 4.43. The molecule has 0 aromatic rings. The second-order valence-corrected chi connectivity index (χ2v) is 5.77. The van der Waals surface area contributed by atoms with Crippen LogP contribution in [0.5, 0.6) is 0 Å². The van der Waals surface area contributed by atoms with Crippen LogP contribution in [-0.2, 0) is 9.53 Å². The zero-order chi connectivity index (χ0) is 12.5. The van der Waals surface area contributed by atoms with Gasteiger partial charge < -0.3 is 19.9 Å². The number of rotatable bonds is 3. The molecule has 0 radical (unpaired) electrons. The molecule has 0 aromatic heterocycles. The summed E-state index contributed by atoms with van der Waals surface area (Å²) in [5.41, 5.74) is 0. The Morgan fingerprint density at radius 3 is 3.17 bits per heavy atom. The quantitative estimate of drug-likeness (QED) is 0.748. The Bertz CT molecular complexity index is 323. The highest BCUT2D eigenvalue weighted by Crippen LogP contribution is 2.28. The zero-order valence-corrected chi connectivity index (χ0v) is 11.1. The summed E-state index contributed by atoms with van der Waals surface area (Å²) in [6.45, 7) is 4.66. The van der Waals surface area contributed by atoms with Crippen LogP contribution in [0, 0.1) is 0 Å². The molecule has 5 heteroatoms. The Hall–Kier alpha value is -0.650. The minimum atomic E-state index is 0.273. The summed E-state index contributed by atoms with van der Waals surface area (Å²) >= 11 is 0. The van der Waals surface area contributed by atoms with Crippen molar-refractivity contribution in [3.05, 3.63) is 0 Å². The average Bonchev–Trinajstić information content (AvgIpc) is 2.92. The number of hydrogen-bond acceptors (Lipinski definition) is 4. The molecule has 0 bridgehead atoms. The van der Waals surface area contributed by atoms with E-state index in [-0.39, 0.29) is 6.10 Å². The summed E-state index contributed by atoms with van der Waals surface area (Å²) in [4.78, 5) is 16.2. The summed E-state index contributed by atoms with van der Waals surface area (Å²) < 4.78 is 5.74. The van der Waals surface area contributed by atoms with Crippen molar-refractivity contribution in [1.29, 1.82) is 0 Å². The van der Waals surface area contributed by atoms with Gasteiger partial charge in [-0.25, -0.2) is 0 Å². The molecule has 3 heterocycles. The van der Waals surface area contributed by atoms with Gasteiger partial charge in [0.05, 0.1) is 12.7 Å². The summed E-state index contributed by atoms with van der Waals surface area (Å²) in [6.07, 6.45) is 3.27. The molecule has 102 valence electrons. The maximum atomic E-state index is 11.8. The van der Waals surface area contributed by atoms with Crippen LogP contribution in [0.3, 0.4) is 0 Å². The number of ether oxygens (including phenoxy) is 1. The van der Waals surface area contributed by atoms with Crippen molar-refractivity contribution in [1.82, 2.24) is 15.1 Å². The van der Waals surface area contributed by atoms with E-state index in [0.717, 1.165) is 45.6 Å². The van der Waals surface area contributed by atoms with Crippen LogP contribution in [-0.4, -0.2) is 73.7 Å². The average molecular weight is 253 g/mol. The van der Waals surface area contributed by atoms with Gasteiger partial charge in [-0.05, 0) is 19.9 Å². The summed E-state index contributed by atoms with van der Waals surface area (Å²) in [5, 5.41) is 3.56. The molecule has 5 nitrogen and oxygen atoms in total. The van der Waals surface area contributed by atoms with Gasteiger partial charge in [0.25, 0.3) is 0 Å². The van der Waals surface area contributed by atoms with Crippen LogP contribution in [0.25, 0.3) is 0 Å². The fourth-order valence-corrected chi connectivity index (χ4v) is 3.44. The standard InChI is InChI=1S/C13H23N3O2/c1-15-5-6-18-10(9-15)8-14-11-7-13(17)16-4-2-3-12(11)16/h10-12,14H,2-9H2,1H3. The lowest BCUT2D eigenvalue weighted by atomic mass is 10.1. The number of nitrogens with one attached hydrogen (secondary N) is 1. The smallest absolute Gasteiger partial charge is 0.224 e. The number of amides is 1. The van der Waals surface area contributed by atoms with E-state index in [0.29, 0.717) is 24.4 Å². The molecule has 18 heavy (non-hydrogen) atoms. The molecule has 1 N–H and O–H groups in total. The number of hydrogen-bond donors (Lipinski definition) is 1. The largest absolute Gasteiger partial charge is 0.374 e. The lowest BCUT2D eigenvalue weighted by Crippen LogP contribution is -2.48. The minimum absolute atomic E-state index is 0.273. The molecule has 3 aliphatic heterocycles. The first-order chi connectivity index (χ1) is 8.74. The van der Waals surface area contributed by atoms with E-state index in [1.165, 1.54) is 0 Å². The molecular formula is C13H23N3O2. The Labute approximate surface area is 108 Å². The Balaban J connectivity index is 1.49. The fraction of sp³-hybridized carbons (Fsp3) is 0.923. The Morgan fingerprint density at radius 2 is 2.33 bits per heavy atom. The highest BCUT2D eigenvalue weighted by Gasteiger charge is 2.42. The molecule has 3 aliphatic rings. The van der Waals surface area contributed by atoms with Crippen molar-refractivity contribution in [2.45, 2.75) is 37.5 Å². The maximum Gasteiger partial charge on any atom is 0.224 e. The van der Waals surface area contributed by atoms with E-state index in [2.05, 4.69) is 22.2 Å². The molecule has 0 spiro atoms. The van der Waals surface area contributed by atoms with E-state index < -0.39 is 0 Å². The Kier molecular flexibility index (Phi) is 3.54. The molecule has 1 amide bonds. The van der Waals surface area contributed by atoms with Crippen molar-refractivity contribution < 1.29 is 9.53 Å². The van der Waals surface area contributed by atoms with Crippen LogP contribution < -0.4 is 5.32 Å². The highest BCUT2D eigenvalue weighted by molar-refractivity contribution is 5.80. The highest BCUT2D eigenvalue weighted by atomic mass is 16.5. The molecule has 0 aromatic carbocycles.